The second-order valence-electron chi connectivity index (χ2n) is 6.44. The number of carbonyl (C=O) groups is 1. The minimum Gasteiger partial charge on any atom is -0.478 e. The monoisotopic (exact) mass is 342 g/mol. The predicted molar refractivity (Wildman–Crippen MR) is 103 cm³/mol. The quantitative estimate of drug-likeness (QED) is 0.537. The maximum Gasteiger partial charge on any atom is 0.337 e. The largest absolute Gasteiger partial charge is 0.478 e. The van der Waals surface area contributed by atoms with E-state index in [1.165, 1.54) is 11.1 Å². The zero-order chi connectivity index (χ0) is 18.3. The van der Waals surface area contributed by atoms with Crippen LogP contribution in [0, 0.1) is 13.8 Å². The van der Waals surface area contributed by atoms with Gasteiger partial charge in [-0.3, -0.25) is 0 Å². The Bertz CT molecular complexity index is 1120. The van der Waals surface area contributed by atoms with Crippen LogP contribution >= 0.6 is 0 Å². The number of hydrogen-bond donors (Lipinski definition) is 2. The molecule has 3 aromatic carbocycles. The van der Waals surface area contributed by atoms with E-state index in [4.69, 9.17) is 0 Å². The highest BCUT2D eigenvalue weighted by atomic mass is 16.4. The Hall–Kier alpha value is -3.40. The topological polar surface area (TPSA) is 66.0 Å². The van der Waals surface area contributed by atoms with Gasteiger partial charge in [-0.1, -0.05) is 48.5 Å². The normalized spacial score (nSPS) is 11.0. The summed E-state index contributed by atoms with van der Waals surface area (Å²) in [4.78, 5) is 19.1. The van der Waals surface area contributed by atoms with E-state index in [9.17, 15) is 9.90 Å². The van der Waals surface area contributed by atoms with Crippen LogP contribution in [0.3, 0.4) is 0 Å². The molecule has 0 saturated carbocycles. The summed E-state index contributed by atoms with van der Waals surface area (Å²) in [6, 6.07) is 20.1. The molecule has 4 heteroatoms. The van der Waals surface area contributed by atoms with Gasteiger partial charge in [0, 0.05) is 0 Å². The molecule has 0 unspecified atom stereocenters. The fourth-order valence-corrected chi connectivity index (χ4v) is 3.31. The summed E-state index contributed by atoms with van der Waals surface area (Å²) in [6.45, 7) is 3.92. The smallest absolute Gasteiger partial charge is 0.337 e. The summed E-state index contributed by atoms with van der Waals surface area (Å²) in [5, 5.41) is 9.53. The van der Waals surface area contributed by atoms with Gasteiger partial charge in [0.05, 0.1) is 11.1 Å². The molecule has 1 heterocycles. The van der Waals surface area contributed by atoms with E-state index in [0.29, 0.717) is 11.3 Å². The molecule has 0 spiro atoms. The number of benzene rings is 3. The zero-order valence-corrected chi connectivity index (χ0v) is 14.6. The van der Waals surface area contributed by atoms with Gasteiger partial charge in [0.25, 0.3) is 0 Å². The Balaban J connectivity index is 1.81. The van der Waals surface area contributed by atoms with E-state index in [1.54, 1.807) is 6.07 Å². The predicted octanol–water partition coefficient (Wildman–Crippen LogP) is 5.21. The van der Waals surface area contributed by atoms with Crippen LogP contribution in [0.5, 0.6) is 0 Å². The molecular weight excluding hydrogens is 324 g/mol. The van der Waals surface area contributed by atoms with Gasteiger partial charge in [0.1, 0.15) is 11.3 Å². The lowest BCUT2D eigenvalue weighted by atomic mass is 9.96. The number of aryl methyl sites for hydroxylation is 2. The van der Waals surface area contributed by atoms with Crippen LogP contribution in [0.1, 0.15) is 21.7 Å². The fraction of sp³-hybridized carbons (Fsp3) is 0.0909. The van der Waals surface area contributed by atoms with Gasteiger partial charge in [-0.2, -0.15) is 0 Å². The first-order chi connectivity index (χ1) is 12.5. The molecular formula is C22H18N2O2. The van der Waals surface area contributed by atoms with Crippen molar-refractivity contribution >= 4 is 17.0 Å². The number of aromatic nitrogens is 2. The Morgan fingerprint density at radius 3 is 2.31 bits per heavy atom. The van der Waals surface area contributed by atoms with Crippen molar-refractivity contribution in [3.63, 3.8) is 0 Å². The van der Waals surface area contributed by atoms with Crippen molar-refractivity contribution in [1.29, 1.82) is 0 Å². The Morgan fingerprint density at radius 2 is 1.62 bits per heavy atom. The first-order valence-electron chi connectivity index (χ1n) is 8.43. The van der Waals surface area contributed by atoms with Gasteiger partial charge < -0.3 is 10.1 Å². The second-order valence-corrected chi connectivity index (χ2v) is 6.44. The van der Waals surface area contributed by atoms with Crippen LogP contribution in [-0.2, 0) is 0 Å². The molecule has 4 rings (SSSR count). The summed E-state index contributed by atoms with van der Waals surface area (Å²) < 4.78 is 0. The van der Waals surface area contributed by atoms with E-state index in [1.807, 2.05) is 37.3 Å². The van der Waals surface area contributed by atoms with E-state index in [-0.39, 0.29) is 5.56 Å². The lowest BCUT2D eigenvalue weighted by Crippen LogP contribution is -1.98. The van der Waals surface area contributed by atoms with Crippen LogP contribution in [-0.4, -0.2) is 21.0 Å². The minimum absolute atomic E-state index is 0.213. The summed E-state index contributed by atoms with van der Waals surface area (Å²) in [5.41, 5.74) is 6.84. The number of nitrogens with one attached hydrogen (secondary N) is 1. The summed E-state index contributed by atoms with van der Waals surface area (Å²) in [5.74, 6) is -0.269. The first kappa shape index (κ1) is 16.1. The number of nitrogens with zero attached hydrogens (tertiary/aromatic N) is 1. The molecule has 26 heavy (non-hydrogen) atoms. The van der Waals surface area contributed by atoms with Gasteiger partial charge in [0.15, 0.2) is 0 Å². The lowest BCUT2D eigenvalue weighted by molar-refractivity contribution is 0.0699. The highest BCUT2D eigenvalue weighted by Gasteiger charge is 2.15. The molecule has 4 nitrogen and oxygen atoms in total. The van der Waals surface area contributed by atoms with Crippen LogP contribution in [0.4, 0.5) is 0 Å². The van der Waals surface area contributed by atoms with Crippen LogP contribution < -0.4 is 0 Å². The van der Waals surface area contributed by atoms with Crippen molar-refractivity contribution in [2.24, 2.45) is 0 Å². The zero-order valence-electron chi connectivity index (χ0n) is 14.6. The molecule has 0 aliphatic heterocycles. The maximum absolute atomic E-state index is 11.6. The minimum atomic E-state index is -0.972. The summed E-state index contributed by atoms with van der Waals surface area (Å²) >= 11 is 0. The second kappa shape index (κ2) is 6.15. The molecule has 0 amide bonds. The molecule has 0 radical (unpaired) electrons. The van der Waals surface area contributed by atoms with Crippen molar-refractivity contribution in [1.82, 2.24) is 9.97 Å². The summed E-state index contributed by atoms with van der Waals surface area (Å²) in [7, 11) is 0. The van der Waals surface area contributed by atoms with Crippen LogP contribution in [0.2, 0.25) is 0 Å². The fourth-order valence-electron chi connectivity index (χ4n) is 3.31. The number of aromatic carboxylic acids is 1. The maximum atomic E-state index is 11.6. The number of aromatic amines is 1. The third-order valence-corrected chi connectivity index (χ3v) is 4.61. The SMILES string of the molecule is Cc1nc2c(C(=O)O)cc(-c3ccc(-c4ccccc4C)cc3)cc2[nH]1. The Labute approximate surface area is 151 Å². The molecule has 0 fully saturated rings. The molecule has 4 aromatic rings. The van der Waals surface area contributed by atoms with Crippen molar-refractivity contribution in [2.45, 2.75) is 13.8 Å². The molecule has 128 valence electrons. The van der Waals surface area contributed by atoms with Gasteiger partial charge in [-0.05, 0) is 53.8 Å². The van der Waals surface area contributed by atoms with E-state index >= 15 is 0 Å². The third kappa shape index (κ3) is 2.75. The first-order valence-corrected chi connectivity index (χ1v) is 8.43. The van der Waals surface area contributed by atoms with Crippen molar-refractivity contribution in [2.75, 3.05) is 0 Å². The molecule has 0 bridgehead atoms. The van der Waals surface area contributed by atoms with Crippen LogP contribution in [0.25, 0.3) is 33.3 Å². The molecule has 0 atom stereocenters. The standard InChI is InChI=1S/C22H18N2O2/c1-13-5-3-4-6-18(13)16-9-7-15(8-10-16)17-11-19(22(25)26)21-20(12-17)23-14(2)24-21/h3-12H,1-2H3,(H,23,24)(H,25,26). The lowest BCUT2D eigenvalue weighted by Gasteiger charge is -2.08. The Kier molecular flexibility index (Phi) is 3.81. The number of carboxylic acids is 1. The molecule has 2 N–H and O–H groups in total. The molecule has 0 aliphatic rings. The third-order valence-electron chi connectivity index (χ3n) is 4.61. The van der Waals surface area contributed by atoms with Crippen LogP contribution in [0.15, 0.2) is 60.7 Å². The van der Waals surface area contributed by atoms with Gasteiger partial charge in [-0.15, -0.1) is 0 Å². The Morgan fingerprint density at radius 1 is 0.923 bits per heavy atom. The van der Waals surface area contributed by atoms with Gasteiger partial charge in [-0.25, -0.2) is 9.78 Å². The van der Waals surface area contributed by atoms with Crippen molar-refractivity contribution < 1.29 is 9.90 Å². The van der Waals surface area contributed by atoms with E-state index < -0.39 is 5.97 Å². The molecule has 0 aliphatic carbocycles. The number of hydrogen-bond acceptors (Lipinski definition) is 2. The van der Waals surface area contributed by atoms with E-state index in [0.717, 1.165) is 22.2 Å². The number of rotatable bonds is 3. The average molecular weight is 342 g/mol. The highest BCUT2D eigenvalue weighted by molar-refractivity contribution is 6.03. The summed E-state index contributed by atoms with van der Waals surface area (Å²) in [6.07, 6.45) is 0. The number of imidazole rings is 1. The van der Waals surface area contributed by atoms with Gasteiger partial charge >= 0.3 is 5.97 Å². The number of H-pyrrole nitrogens is 1. The van der Waals surface area contributed by atoms with Gasteiger partial charge in [0.2, 0.25) is 0 Å². The average Bonchev–Trinajstić information content (AvgIpc) is 3.01. The number of fused-ring (bicyclic) bond motifs is 1. The van der Waals surface area contributed by atoms with Crippen molar-refractivity contribution in [3.8, 4) is 22.3 Å². The number of carboxylic acid groups (broad SMARTS) is 1. The van der Waals surface area contributed by atoms with Crippen molar-refractivity contribution in [3.05, 3.63) is 77.6 Å². The van der Waals surface area contributed by atoms with E-state index in [2.05, 4.69) is 41.2 Å². The molecule has 1 aromatic heterocycles. The highest BCUT2D eigenvalue weighted by Crippen LogP contribution is 2.30. The molecule has 0 saturated heterocycles.